The van der Waals surface area contributed by atoms with Crippen molar-refractivity contribution in [2.75, 3.05) is 5.32 Å². The SMILES string of the molecule is N#Cc1cnc(Nc2cc(-c3ccccc3O[C@H]3CC[C@H](N)CC3)[nH]n2)cn1. The van der Waals surface area contributed by atoms with Crippen LogP contribution in [-0.4, -0.2) is 32.3 Å². The van der Waals surface area contributed by atoms with Crippen LogP contribution in [-0.2, 0) is 0 Å². The van der Waals surface area contributed by atoms with E-state index in [0.29, 0.717) is 17.7 Å². The second-order valence-corrected chi connectivity index (χ2v) is 6.84. The summed E-state index contributed by atoms with van der Waals surface area (Å²) < 4.78 is 6.27. The van der Waals surface area contributed by atoms with E-state index in [-0.39, 0.29) is 11.8 Å². The molecule has 0 bridgehead atoms. The van der Waals surface area contributed by atoms with Crippen molar-refractivity contribution in [2.24, 2.45) is 5.73 Å². The molecule has 8 heteroatoms. The molecule has 0 aliphatic heterocycles. The fourth-order valence-electron chi connectivity index (χ4n) is 3.28. The molecule has 0 unspecified atom stereocenters. The molecule has 1 saturated carbocycles. The third kappa shape index (κ3) is 4.10. The zero-order valence-electron chi connectivity index (χ0n) is 15.3. The molecule has 1 aliphatic carbocycles. The number of aromatic nitrogens is 4. The number of H-pyrrole nitrogens is 1. The summed E-state index contributed by atoms with van der Waals surface area (Å²) in [4.78, 5) is 8.13. The van der Waals surface area contributed by atoms with Crippen LogP contribution in [0.4, 0.5) is 11.6 Å². The van der Waals surface area contributed by atoms with Gasteiger partial charge in [-0.2, -0.15) is 10.4 Å². The fraction of sp³-hybridized carbons (Fsp3) is 0.300. The van der Waals surface area contributed by atoms with Crippen molar-refractivity contribution >= 4 is 11.6 Å². The second kappa shape index (κ2) is 8.06. The predicted octanol–water partition coefficient (Wildman–Crippen LogP) is 3.13. The molecular weight excluding hydrogens is 354 g/mol. The van der Waals surface area contributed by atoms with E-state index in [2.05, 4.69) is 25.5 Å². The maximum absolute atomic E-state index is 8.80. The average Bonchev–Trinajstić information content (AvgIpc) is 3.19. The average molecular weight is 375 g/mol. The van der Waals surface area contributed by atoms with Gasteiger partial charge in [0, 0.05) is 17.7 Å². The largest absolute Gasteiger partial charge is 0.490 e. The predicted molar refractivity (Wildman–Crippen MR) is 105 cm³/mol. The number of nitrogens with one attached hydrogen (secondary N) is 2. The maximum Gasteiger partial charge on any atom is 0.158 e. The Hall–Kier alpha value is -3.44. The van der Waals surface area contributed by atoms with Crippen molar-refractivity contribution in [3.05, 3.63) is 48.4 Å². The number of benzene rings is 1. The van der Waals surface area contributed by atoms with Gasteiger partial charge in [-0.1, -0.05) is 12.1 Å². The Bertz CT molecular complexity index is 969. The van der Waals surface area contributed by atoms with Crippen molar-refractivity contribution in [1.29, 1.82) is 5.26 Å². The highest BCUT2D eigenvalue weighted by Crippen LogP contribution is 2.32. The third-order valence-electron chi connectivity index (χ3n) is 4.79. The summed E-state index contributed by atoms with van der Waals surface area (Å²) in [6, 6.07) is 12.0. The summed E-state index contributed by atoms with van der Waals surface area (Å²) >= 11 is 0. The lowest BCUT2D eigenvalue weighted by Crippen LogP contribution is -2.31. The van der Waals surface area contributed by atoms with Crippen molar-refractivity contribution < 1.29 is 4.74 Å². The smallest absolute Gasteiger partial charge is 0.158 e. The van der Waals surface area contributed by atoms with Crippen LogP contribution in [0.2, 0.25) is 0 Å². The molecule has 1 fully saturated rings. The minimum Gasteiger partial charge on any atom is -0.490 e. The third-order valence-corrected chi connectivity index (χ3v) is 4.79. The lowest BCUT2D eigenvalue weighted by molar-refractivity contribution is 0.148. The number of nitrogens with two attached hydrogens (primary N) is 1. The first kappa shape index (κ1) is 17.9. The number of anilines is 2. The van der Waals surface area contributed by atoms with E-state index in [1.54, 1.807) is 0 Å². The Balaban J connectivity index is 1.49. The molecule has 8 nitrogen and oxygen atoms in total. The van der Waals surface area contributed by atoms with E-state index >= 15 is 0 Å². The van der Waals surface area contributed by atoms with Crippen LogP contribution in [0.15, 0.2) is 42.7 Å². The molecule has 0 amide bonds. The molecule has 3 aromatic rings. The molecule has 142 valence electrons. The molecule has 1 aromatic carbocycles. The molecule has 1 aliphatic rings. The minimum absolute atomic E-state index is 0.190. The molecule has 4 rings (SSSR count). The zero-order chi connectivity index (χ0) is 19.3. The normalized spacial score (nSPS) is 19.0. The Morgan fingerprint density at radius 1 is 1.11 bits per heavy atom. The number of nitriles is 1. The van der Waals surface area contributed by atoms with Crippen molar-refractivity contribution in [3.8, 4) is 23.1 Å². The van der Waals surface area contributed by atoms with Crippen LogP contribution in [0.5, 0.6) is 5.75 Å². The summed E-state index contributed by atoms with van der Waals surface area (Å²) in [5.41, 5.74) is 8.05. The molecule has 0 atom stereocenters. The van der Waals surface area contributed by atoms with Gasteiger partial charge < -0.3 is 15.8 Å². The monoisotopic (exact) mass is 375 g/mol. The Morgan fingerprint density at radius 3 is 2.68 bits per heavy atom. The van der Waals surface area contributed by atoms with Gasteiger partial charge in [-0.3, -0.25) is 5.10 Å². The van der Waals surface area contributed by atoms with Gasteiger partial charge in [-0.05, 0) is 37.8 Å². The Morgan fingerprint density at radius 2 is 1.93 bits per heavy atom. The van der Waals surface area contributed by atoms with Crippen LogP contribution in [0.3, 0.4) is 0 Å². The van der Waals surface area contributed by atoms with Gasteiger partial charge in [0.1, 0.15) is 17.6 Å². The Labute approximate surface area is 162 Å². The molecule has 28 heavy (non-hydrogen) atoms. The zero-order valence-corrected chi connectivity index (χ0v) is 15.3. The summed E-state index contributed by atoms with van der Waals surface area (Å²) in [7, 11) is 0. The highest BCUT2D eigenvalue weighted by Gasteiger charge is 2.21. The number of rotatable bonds is 5. The van der Waals surface area contributed by atoms with Crippen molar-refractivity contribution in [1.82, 2.24) is 20.2 Å². The van der Waals surface area contributed by atoms with E-state index < -0.39 is 0 Å². The summed E-state index contributed by atoms with van der Waals surface area (Å²) in [5.74, 6) is 1.95. The van der Waals surface area contributed by atoms with Gasteiger partial charge >= 0.3 is 0 Å². The highest BCUT2D eigenvalue weighted by molar-refractivity contribution is 5.70. The van der Waals surface area contributed by atoms with E-state index in [9.17, 15) is 0 Å². The maximum atomic E-state index is 8.80. The fourth-order valence-corrected chi connectivity index (χ4v) is 3.28. The van der Waals surface area contributed by atoms with Crippen LogP contribution >= 0.6 is 0 Å². The highest BCUT2D eigenvalue weighted by atomic mass is 16.5. The lowest BCUT2D eigenvalue weighted by Gasteiger charge is -2.27. The van der Waals surface area contributed by atoms with Gasteiger partial charge in [0.05, 0.1) is 24.2 Å². The van der Waals surface area contributed by atoms with E-state index in [0.717, 1.165) is 42.7 Å². The molecule has 0 spiro atoms. The van der Waals surface area contributed by atoms with Gasteiger partial charge in [0.2, 0.25) is 0 Å². The van der Waals surface area contributed by atoms with E-state index in [1.165, 1.54) is 12.4 Å². The number of aromatic amines is 1. The standard InChI is InChI=1S/C20H21N7O/c21-10-14-11-24-20(12-23-14)25-19-9-17(26-27-19)16-3-1-2-4-18(16)28-15-7-5-13(22)6-8-15/h1-4,9,11-13,15H,5-8,22H2,(H2,24,25,26,27)/t13-,15-. The molecule has 4 N–H and O–H groups in total. The van der Waals surface area contributed by atoms with E-state index in [1.807, 2.05) is 36.4 Å². The van der Waals surface area contributed by atoms with Gasteiger partial charge in [-0.25, -0.2) is 9.97 Å². The minimum atomic E-state index is 0.190. The van der Waals surface area contributed by atoms with Crippen LogP contribution in [0.25, 0.3) is 11.3 Å². The summed E-state index contributed by atoms with van der Waals surface area (Å²) in [5, 5.41) is 19.2. The van der Waals surface area contributed by atoms with Gasteiger partial charge in [0.25, 0.3) is 0 Å². The lowest BCUT2D eigenvalue weighted by atomic mass is 9.93. The van der Waals surface area contributed by atoms with Crippen LogP contribution < -0.4 is 15.8 Å². The molecular formula is C20H21N7O. The van der Waals surface area contributed by atoms with Crippen molar-refractivity contribution in [2.45, 2.75) is 37.8 Å². The van der Waals surface area contributed by atoms with Crippen molar-refractivity contribution in [3.63, 3.8) is 0 Å². The second-order valence-electron chi connectivity index (χ2n) is 6.84. The first-order valence-electron chi connectivity index (χ1n) is 9.27. The van der Waals surface area contributed by atoms with E-state index in [4.69, 9.17) is 15.7 Å². The van der Waals surface area contributed by atoms with Crippen LogP contribution in [0, 0.1) is 11.3 Å². The molecule has 2 heterocycles. The van der Waals surface area contributed by atoms with Gasteiger partial charge in [-0.15, -0.1) is 0 Å². The first-order chi connectivity index (χ1) is 13.7. The molecule has 2 aromatic heterocycles. The number of hydrogen-bond acceptors (Lipinski definition) is 7. The summed E-state index contributed by atoms with van der Waals surface area (Å²) in [6.07, 6.45) is 7.04. The number of para-hydroxylation sites is 1. The first-order valence-corrected chi connectivity index (χ1v) is 9.27. The Kier molecular flexibility index (Phi) is 5.17. The molecule has 0 radical (unpaired) electrons. The quantitative estimate of drug-likeness (QED) is 0.625. The molecule has 0 saturated heterocycles. The number of ether oxygens (including phenoxy) is 1. The summed E-state index contributed by atoms with van der Waals surface area (Å²) in [6.45, 7) is 0. The number of hydrogen-bond donors (Lipinski definition) is 3. The van der Waals surface area contributed by atoms with Gasteiger partial charge in [0.15, 0.2) is 11.5 Å². The van der Waals surface area contributed by atoms with Crippen LogP contribution in [0.1, 0.15) is 31.4 Å². The number of nitrogens with zero attached hydrogens (tertiary/aromatic N) is 4. The topological polar surface area (TPSA) is 126 Å².